The third-order valence-electron chi connectivity index (χ3n) is 2.25. The molecule has 0 aliphatic carbocycles. The molecule has 5 heteroatoms. The molecule has 0 N–H and O–H groups in total. The number of furan rings is 1. The van der Waals surface area contributed by atoms with Gasteiger partial charge in [-0.3, -0.25) is 4.79 Å². The van der Waals surface area contributed by atoms with Crippen molar-refractivity contribution in [2.24, 2.45) is 0 Å². The summed E-state index contributed by atoms with van der Waals surface area (Å²) in [5.41, 5.74) is 0.680. The van der Waals surface area contributed by atoms with Gasteiger partial charge in [0.25, 0.3) is 0 Å². The lowest BCUT2D eigenvalue weighted by Crippen LogP contribution is -1.86. The van der Waals surface area contributed by atoms with Gasteiger partial charge in [-0.15, -0.1) is 0 Å². The maximum atomic E-state index is 10.6. The Morgan fingerprint density at radius 2 is 2.18 bits per heavy atom. The Bertz CT molecular complexity index is 563. The molecular formula is C12H8BrClO3. The standard InChI is InChI=1S/C12H8BrClO3/c1-16-12-4-8(10(14)5-9(12)13)11-3-2-7(6-15)17-11/h2-6H,1H3. The Balaban J connectivity index is 2.54. The quantitative estimate of drug-likeness (QED) is 0.798. The molecule has 88 valence electrons. The van der Waals surface area contributed by atoms with Crippen molar-refractivity contribution < 1.29 is 13.9 Å². The summed E-state index contributed by atoms with van der Waals surface area (Å²) in [5, 5.41) is 0.518. The Morgan fingerprint density at radius 1 is 1.41 bits per heavy atom. The average Bonchev–Trinajstić information content (AvgIpc) is 2.78. The Kier molecular flexibility index (Phi) is 3.54. The van der Waals surface area contributed by atoms with E-state index in [1.54, 1.807) is 31.4 Å². The van der Waals surface area contributed by atoms with Gasteiger partial charge < -0.3 is 9.15 Å². The van der Waals surface area contributed by atoms with Crippen LogP contribution >= 0.6 is 27.5 Å². The Morgan fingerprint density at radius 3 is 2.76 bits per heavy atom. The minimum absolute atomic E-state index is 0.262. The van der Waals surface area contributed by atoms with E-state index in [0.717, 1.165) is 4.47 Å². The maximum absolute atomic E-state index is 10.6. The molecular weight excluding hydrogens is 307 g/mol. The zero-order valence-corrected chi connectivity index (χ0v) is 11.2. The van der Waals surface area contributed by atoms with Crippen LogP contribution < -0.4 is 4.74 Å². The summed E-state index contributed by atoms with van der Waals surface area (Å²) in [7, 11) is 1.57. The van der Waals surface area contributed by atoms with Crippen molar-refractivity contribution in [2.75, 3.05) is 7.11 Å². The molecule has 1 aromatic heterocycles. The van der Waals surface area contributed by atoms with Crippen LogP contribution in [0.15, 0.2) is 33.2 Å². The molecule has 3 nitrogen and oxygen atoms in total. The van der Waals surface area contributed by atoms with Crippen LogP contribution in [0, 0.1) is 0 Å². The van der Waals surface area contributed by atoms with Gasteiger partial charge in [0.05, 0.1) is 16.6 Å². The van der Waals surface area contributed by atoms with Crippen molar-refractivity contribution in [1.82, 2.24) is 0 Å². The first-order valence-corrected chi connectivity index (χ1v) is 5.91. The number of carbonyl (C=O) groups is 1. The van der Waals surface area contributed by atoms with E-state index in [0.29, 0.717) is 28.4 Å². The summed E-state index contributed by atoms with van der Waals surface area (Å²) >= 11 is 9.45. The van der Waals surface area contributed by atoms with Gasteiger partial charge in [0.2, 0.25) is 0 Å². The lowest BCUT2D eigenvalue weighted by Gasteiger charge is -2.07. The molecule has 0 aliphatic heterocycles. The highest BCUT2D eigenvalue weighted by molar-refractivity contribution is 9.10. The second kappa shape index (κ2) is 4.94. The zero-order valence-electron chi connectivity index (χ0n) is 8.87. The predicted molar refractivity (Wildman–Crippen MR) is 68.8 cm³/mol. The molecule has 17 heavy (non-hydrogen) atoms. The SMILES string of the molecule is COc1cc(-c2ccc(C=O)o2)c(Cl)cc1Br. The van der Waals surface area contributed by atoms with Crippen molar-refractivity contribution in [2.45, 2.75) is 0 Å². The molecule has 0 saturated heterocycles. The number of carbonyl (C=O) groups excluding carboxylic acids is 1. The van der Waals surface area contributed by atoms with E-state index < -0.39 is 0 Å². The third-order valence-corrected chi connectivity index (χ3v) is 3.18. The fourth-order valence-electron chi connectivity index (χ4n) is 1.44. The molecule has 0 spiro atoms. The van der Waals surface area contributed by atoms with E-state index in [9.17, 15) is 4.79 Å². The van der Waals surface area contributed by atoms with E-state index >= 15 is 0 Å². The second-order valence-electron chi connectivity index (χ2n) is 3.29. The fraction of sp³-hybridized carbons (Fsp3) is 0.0833. The Hall–Kier alpha value is -1.26. The second-order valence-corrected chi connectivity index (χ2v) is 4.55. The lowest BCUT2D eigenvalue weighted by atomic mass is 10.1. The first-order valence-electron chi connectivity index (χ1n) is 4.74. The van der Waals surface area contributed by atoms with Crippen molar-refractivity contribution in [3.05, 3.63) is 39.5 Å². The zero-order chi connectivity index (χ0) is 12.4. The van der Waals surface area contributed by atoms with E-state index in [1.807, 2.05) is 0 Å². The van der Waals surface area contributed by atoms with Crippen LogP contribution in [0.5, 0.6) is 5.75 Å². The summed E-state index contributed by atoms with van der Waals surface area (Å²) in [6.07, 6.45) is 0.646. The normalized spacial score (nSPS) is 10.3. The van der Waals surface area contributed by atoms with Crippen LogP contribution in [0.25, 0.3) is 11.3 Å². The van der Waals surface area contributed by atoms with E-state index in [-0.39, 0.29) is 5.76 Å². The number of ether oxygens (including phenoxy) is 1. The van der Waals surface area contributed by atoms with Crippen molar-refractivity contribution >= 4 is 33.8 Å². The monoisotopic (exact) mass is 314 g/mol. The Labute approximate surface area is 111 Å². The highest BCUT2D eigenvalue weighted by Crippen LogP contribution is 2.37. The highest BCUT2D eigenvalue weighted by Gasteiger charge is 2.12. The molecule has 0 fully saturated rings. The van der Waals surface area contributed by atoms with Gasteiger partial charge in [-0.25, -0.2) is 0 Å². The van der Waals surface area contributed by atoms with E-state index in [1.165, 1.54) is 0 Å². The van der Waals surface area contributed by atoms with Gasteiger partial charge in [0.15, 0.2) is 12.0 Å². The van der Waals surface area contributed by atoms with Gasteiger partial charge in [-0.05, 0) is 40.2 Å². The van der Waals surface area contributed by atoms with E-state index in [2.05, 4.69) is 15.9 Å². The molecule has 0 atom stereocenters. The molecule has 2 rings (SSSR count). The number of hydrogen-bond donors (Lipinski definition) is 0. The summed E-state index contributed by atoms with van der Waals surface area (Å²) in [6.45, 7) is 0. The molecule has 0 bridgehead atoms. The predicted octanol–water partition coefficient (Wildman–Crippen LogP) is 4.18. The summed E-state index contributed by atoms with van der Waals surface area (Å²) in [5.74, 6) is 1.44. The van der Waals surface area contributed by atoms with Gasteiger partial charge >= 0.3 is 0 Å². The van der Waals surface area contributed by atoms with Crippen LogP contribution in [-0.2, 0) is 0 Å². The lowest BCUT2D eigenvalue weighted by molar-refractivity contribution is 0.110. The van der Waals surface area contributed by atoms with E-state index in [4.69, 9.17) is 20.8 Å². The molecule has 0 radical (unpaired) electrons. The van der Waals surface area contributed by atoms with Crippen LogP contribution in [0.2, 0.25) is 5.02 Å². The number of benzene rings is 1. The van der Waals surface area contributed by atoms with Crippen LogP contribution in [-0.4, -0.2) is 13.4 Å². The minimum Gasteiger partial charge on any atom is -0.496 e. The molecule has 0 amide bonds. The number of methoxy groups -OCH3 is 1. The molecule has 0 saturated carbocycles. The van der Waals surface area contributed by atoms with Gasteiger partial charge in [-0.1, -0.05) is 11.6 Å². The smallest absolute Gasteiger partial charge is 0.185 e. The van der Waals surface area contributed by atoms with Gasteiger partial charge in [0, 0.05) is 5.56 Å². The van der Waals surface area contributed by atoms with Crippen LogP contribution in [0.3, 0.4) is 0 Å². The first-order chi connectivity index (χ1) is 8.15. The number of halogens is 2. The third kappa shape index (κ3) is 2.37. The van der Waals surface area contributed by atoms with Crippen molar-refractivity contribution in [3.63, 3.8) is 0 Å². The number of hydrogen-bond acceptors (Lipinski definition) is 3. The minimum atomic E-state index is 0.262. The molecule has 1 heterocycles. The molecule has 1 aromatic carbocycles. The van der Waals surface area contributed by atoms with Crippen LogP contribution in [0.1, 0.15) is 10.6 Å². The topological polar surface area (TPSA) is 39.4 Å². The van der Waals surface area contributed by atoms with Gasteiger partial charge in [0.1, 0.15) is 11.5 Å². The largest absolute Gasteiger partial charge is 0.496 e. The van der Waals surface area contributed by atoms with Crippen molar-refractivity contribution in [1.29, 1.82) is 0 Å². The van der Waals surface area contributed by atoms with Crippen molar-refractivity contribution in [3.8, 4) is 17.1 Å². The first kappa shape index (κ1) is 12.2. The molecule has 0 unspecified atom stereocenters. The fourth-order valence-corrected chi connectivity index (χ4v) is 2.33. The molecule has 0 aliphatic rings. The average molecular weight is 316 g/mol. The summed E-state index contributed by atoms with van der Waals surface area (Å²) in [4.78, 5) is 10.6. The maximum Gasteiger partial charge on any atom is 0.185 e. The number of rotatable bonds is 3. The van der Waals surface area contributed by atoms with Gasteiger partial charge in [-0.2, -0.15) is 0 Å². The highest BCUT2D eigenvalue weighted by atomic mass is 79.9. The van der Waals surface area contributed by atoms with Crippen LogP contribution in [0.4, 0.5) is 0 Å². The summed E-state index contributed by atoms with van der Waals surface area (Å²) < 4.78 is 11.3. The number of aldehydes is 1. The summed E-state index contributed by atoms with van der Waals surface area (Å²) in [6, 6.07) is 6.75. The molecule has 2 aromatic rings.